The zero-order valence-electron chi connectivity index (χ0n) is 11.6. The number of esters is 2. The standard InChI is InChI=1S/C13H24O5/c1-5-9(3)12(15)17-7-11(14)8-18-13(16)10(4)6-2/h9-11,14H,5-8H2,1-4H3. The van der Waals surface area contributed by atoms with E-state index in [1.807, 2.05) is 13.8 Å². The summed E-state index contributed by atoms with van der Waals surface area (Å²) in [5, 5.41) is 9.50. The Balaban J connectivity index is 3.81. The third kappa shape index (κ3) is 6.59. The summed E-state index contributed by atoms with van der Waals surface area (Å²) >= 11 is 0. The van der Waals surface area contributed by atoms with Crippen molar-refractivity contribution >= 4 is 11.9 Å². The normalized spacial score (nSPS) is 15.6. The molecule has 0 aliphatic carbocycles. The monoisotopic (exact) mass is 260 g/mol. The number of hydrogen-bond acceptors (Lipinski definition) is 5. The van der Waals surface area contributed by atoms with Gasteiger partial charge in [0, 0.05) is 0 Å². The van der Waals surface area contributed by atoms with Crippen LogP contribution in [0.3, 0.4) is 0 Å². The van der Waals surface area contributed by atoms with E-state index in [1.165, 1.54) is 0 Å². The predicted octanol–water partition coefficient (Wildman–Crippen LogP) is 1.53. The van der Waals surface area contributed by atoms with Crippen LogP contribution in [0.15, 0.2) is 0 Å². The molecule has 0 aromatic heterocycles. The van der Waals surface area contributed by atoms with Crippen LogP contribution in [-0.4, -0.2) is 36.4 Å². The van der Waals surface area contributed by atoms with E-state index in [0.717, 1.165) is 0 Å². The molecule has 2 unspecified atom stereocenters. The summed E-state index contributed by atoms with van der Waals surface area (Å²) in [6.45, 7) is 7.01. The first-order valence-corrected chi connectivity index (χ1v) is 6.43. The molecule has 2 atom stereocenters. The SMILES string of the molecule is CCC(C)C(=O)OCC(O)COC(=O)C(C)CC. The minimum atomic E-state index is -0.967. The zero-order chi connectivity index (χ0) is 14.1. The Bertz CT molecular complexity index is 238. The molecule has 0 amide bonds. The lowest BCUT2D eigenvalue weighted by Gasteiger charge is -2.15. The molecule has 0 heterocycles. The van der Waals surface area contributed by atoms with Crippen molar-refractivity contribution in [3.63, 3.8) is 0 Å². The fraction of sp³-hybridized carbons (Fsp3) is 0.846. The molecule has 5 nitrogen and oxygen atoms in total. The summed E-state index contributed by atoms with van der Waals surface area (Å²) in [6.07, 6.45) is 0.418. The van der Waals surface area contributed by atoms with Gasteiger partial charge in [-0.25, -0.2) is 0 Å². The predicted molar refractivity (Wildman–Crippen MR) is 66.8 cm³/mol. The third-order valence-electron chi connectivity index (χ3n) is 2.87. The molecular formula is C13H24O5. The summed E-state index contributed by atoms with van der Waals surface area (Å²) in [7, 11) is 0. The molecule has 0 aliphatic rings. The van der Waals surface area contributed by atoms with E-state index < -0.39 is 6.10 Å². The second-order valence-electron chi connectivity index (χ2n) is 4.53. The van der Waals surface area contributed by atoms with E-state index in [-0.39, 0.29) is 37.0 Å². The van der Waals surface area contributed by atoms with Gasteiger partial charge in [-0.1, -0.05) is 27.7 Å². The quantitative estimate of drug-likeness (QED) is 0.670. The van der Waals surface area contributed by atoms with E-state index in [0.29, 0.717) is 12.8 Å². The van der Waals surface area contributed by atoms with Crippen LogP contribution in [0.25, 0.3) is 0 Å². The van der Waals surface area contributed by atoms with Crippen LogP contribution in [0.4, 0.5) is 0 Å². The van der Waals surface area contributed by atoms with E-state index in [9.17, 15) is 14.7 Å². The van der Waals surface area contributed by atoms with Crippen molar-refractivity contribution in [2.24, 2.45) is 11.8 Å². The topological polar surface area (TPSA) is 72.8 Å². The molecule has 0 fully saturated rings. The molecule has 1 N–H and O–H groups in total. The highest BCUT2D eigenvalue weighted by atomic mass is 16.6. The number of ether oxygens (including phenoxy) is 2. The van der Waals surface area contributed by atoms with Gasteiger partial charge >= 0.3 is 11.9 Å². The number of hydrogen-bond donors (Lipinski definition) is 1. The van der Waals surface area contributed by atoms with Gasteiger partial charge in [-0.05, 0) is 12.8 Å². The first kappa shape index (κ1) is 16.9. The van der Waals surface area contributed by atoms with Crippen molar-refractivity contribution in [3.8, 4) is 0 Å². The summed E-state index contributed by atoms with van der Waals surface area (Å²) in [4.78, 5) is 22.7. The molecular weight excluding hydrogens is 236 g/mol. The van der Waals surface area contributed by atoms with Gasteiger partial charge in [0.25, 0.3) is 0 Å². The summed E-state index contributed by atoms with van der Waals surface area (Å²) in [5.74, 6) is -1.05. The lowest BCUT2D eigenvalue weighted by atomic mass is 10.1. The maximum absolute atomic E-state index is 11.3. The molecule has 0 saturated carbocycles. The Labute approximate surface area is 108 Å². The van der Waals surface area contributed by atoms with Crippen LogP contribution in [0, 0.1) is 11.8 Å². The van der Waals surface area contributed by atoms with Gasteiger partial charge in [0.2, 0.25) is 0 Å². The summed E-state index contributed by atoms with van der Waals surface area (Å²) in [5.41, 5.74) is 0. The third-order valence-corrected chi connectivity index (χ3v) is 2.87. The van der Waals surface area contributed by atoms with Crippen molar-refractivity contribution in [3.05, 3.63) is 0 Å². The molecule has 18 heavy (non-hydrogen) atoms. The van der Waals surface area contributed by atoms with Gasteiger partial charge in [-0.3, -0.25) is 9.59 Å². The molecule has 106 valence electrons. The van der Waals surface area contributed by atoms with E-state index >= 15 is 0 Å². The van der Waals surface area contributed by atoms with Crippen LogP contribution in [0.1, 0.15) is 40.5 Å². The van der Waals surface area contributed by atoms with Crippen molar-refractivity contribution in [1.82, 2.24) is 0 Å². The highest BCUT2D eigenvalue weighted by molar-refractivity contribution is 5.72. The first-order valence-electron chi connectivity index (χ1n) is 6.43. The van der Waals surface area contributed by atoms with Crippen LogP contribution in [-0.2, 0) is 19.1 Å². The van der Waals surface area contributed by atoms with Crippen LogP contribution in [0.5, 0.6) is 0 Å². The average Bonchev–Trinajstić information content (AvgIpc) is 2.39. The summed E-state index contributed by atoms with van der Waals surface area (Å²) in [6, 6.07) is 0. The fourth-order valence-electron chi connectivity index (χ4n) is 1.02. The first-order chi connectivity index (χ1) is 8.42. The molecule has 0 bridgehead atoms. The Hall–Kier alpha value is -1.10. The van der Waals surface area contributed by atoms with Crippen molar-refractivity contribution in [2.75, 3.05) is 13.2 Å². The number of carbonyl (C=O) groups excluding carboxylic acids is 2. The second kappa shape index (κ2) is 8.91. The van der Waals surface area contributed by atoms with E-state index in [2.05, 4.69) is 0 Å². The minimum absolute atomic E-state index is 0.142. The molecule has 0 rings (SSSR count). The van der Waals surface area contributed by atoms with Gasteiger partial charge in [-0.2, -0.15) is 0 Å². The maximum atomic E-state index is 11.3. The maximum Gasteiger partial charge on any atom is 0.308 e. The molecule has 0 aromatic rings. The second-order valence-corrected chi connectivity index (χ2v) is 4.53. The molecule has 0 aliphatic heterocycles. The van der Waals surface area contributed by atoms with Gasteiger partial charge in [0.05, 0.1) is 11.8 Å². The Morgan fingerprint density at radius 3 is 1.56 bits per heavy atom. The number of aliphatic hydroxyl groups excluding tert-OH is 1. The zero-order valence-corrected chi connectivity index (χ0v) is 11.6. The summed E-state index contributed by atoms with van der Waals surface area (Å²) < 4.78 is 9.79. The highest BCUT2D eigenvalue weighted by Gasteiger charge is 2.17. The van der Waals surface area contributed by atoms with Crippen LogP contribution >= 0.6 is 0 Å². The van der Waals surface area contributed by atoms with Crippen LogP contribution < -0.4 is 0 Å². The number of rotatable bonds is 8. The largest absolute Gasteiger partial charge is 0.463 e. The number of carbonyl (C=O) groups is 2. The van der Waals surface area contributed by atoms with Gasteiger partial charge in [0.1, 0.15) is 19.3 Å². The highest BCUT2D eigenvalue weighted by Crippen LogP contribution is 2.05. The molecule has 5 heteroatoms. The Morgan fingerprint density at radius 2 is 1.28 bits per heavy atom. The molecule has 0 saturated heterocycles. The van der Waals surface area contributed by atoms with Crippen molar-refractivity contribution in [2.45, 2.75) is 46.6 Å². The van der Waals surface area contributed by atoms with Gasteiger partial charge in [0.15, 0.2) is 0 Å². The fourth-order valence-corrected chi connectivity index (χ4v) is 1.02. The molecule has 0 spiro atoms. The number of aliphatic hydroxyl groups is 1. The van der Waals surface area contributed by atoms with Crippen molar-refractivity contribution < 1.29 is 24.2 Å². The van der Waals surface area contributed by atoms with Gasteiger partial charge < -0.3 is 14.6 Å². The average molecular weight is 260 g/mol. The lowest BCUT2D eigenvalue weighted by molar-refractivity contribution is -0.156. The van der Waals surface area contributed by atoms with E-state index in [4.69, 9.17) is 9.47 Å². The Kier molecular flexibility index (Phi) is 8.37. The van der Waals surface area contributed by atoms with Crippen molar-refractivity contribution in [1.29, 1.82) is 0 Å². The van der Waals surface area contributed by atoms with Crippen LogP contribution in [0.2, 0.25) is 0 Å². The van der Waals surface area contributed by atoms with E-state index in [1.54, 1.807) is 13.8 Å². The lowest BCUT2D eigenvalue weighted by Crippen LogP contribution is -2.28. The van der Waals surface area contributed by atoms with Gasteiger partial charge in [-0.15, -0.1) is 0 Å². The minimum Gasteiger partial charge on any atom is -0.463 e. The molecule has 0 aromatic carbocycles. The molecule has 0 radical (unpaired) electrons. The smallest absolute Gasteiger partial charge is 0.308 e. The Morgan fingerprint density at radius 1 is 0.944 bits per heavy atom.